The molecule has 0 N–H and O–H groups in total. The Balaban J connectivity index is 1.31. The number of rotatable bonds is 5. The van der Waals surface area contributed by atoms with Crippen molar-refractivity contribution in [2.75, 3.05) is 13.1 Å². The van der Waals surface area contributed by atoms with Gasteiger partial charge in [0, 0.05) is 29.7 Å². The first-order valence-electron chi connectivity index (χ1n) is 10.7. The van der Waals surface area contributed by atoms with E-state index in [1.54, 1.807) is 12.1 Å². The van der Waals surface area contributed by atoms with Gasteiger partial charge in [-0.15, -0.1) is 0 Å². The molecule has 1 aliphatic rings. The average Bonchev–Trinajstić information content (AvgIpc) is 3.42. The predicted octanol–water partition coefficient (Wildman–Crippen LogP) is 5.30. The molecule has 2 aromatic carbocycles. The number of benzene rings is 2. The Morgan fingerprint density at radius 3 is 2.61 bits per heavy atom. The lowest BCUT2D eigenvalue weighted by Gasteiger charge is -2.30. The Morgan fingerprint density at radius 2 is 1.85 bits per heavy atom. The summed E-state index contributed by atoms with van der Waals surface area (Å²) in [5, 5.41) is 9.54. The SMILES string of the molecule is Cn1c(-c2ccc(Cl)cc2)nn(CN2CCC[C@@H](c3nc(-c4ccc(F)cc4)no3)C2)c1=S. The van der Waals surface area contributed by atoms with Gasteiger partial charge in [-0.3, -0.25) is 4.90 Å². The molecule has 0 aliphatic carbocycles. The van der Waals surface area contributed by atoms with E-state index in [1.165, 1.54) is 12.1 Å². The first-order chi connectivity index (χ1) is 16.0. The molecule has 0 amide bonds. The van der Waals surface area contributed by atoms with Crippen LogP contribution in [0.5, 0.6) is 0 Å². The largest absolute Gasteiger partial charge is 0.339 e. The van der Waals surface area contributed by atoms with Crippen LogP contribution in [0.25, 0.3) is 22.8 Å². The molecule has 2 aromatic heterocycles. The highest BCUT2D eigenvalue weighted by Crippen LogP contribution is 2.28. The maximum Gasteiger partial charge on any atom is 0.231 e. The summed E-state index contributed by atoms with van der Waals surface area (Å²) in [6, 6.07) is 13.7. The Labute approximate surface area is 200 Å². The van der Waals surface area contributed by atoms with Gasteiger partial charge in [-0.2, -0.15) is 10.1 Å². The summed E-state index contributed by atoms with van der Waals surface area (Å²) in [4.78, 5) is 6.87. The third-order valence-corrected chi connectivity index (χ3v) is 6.61. The van der Waals surface area contributed by atoms with Crippen molar-refractivity contribution in [2.45, 2.75) is 25.4 Å². The van der Waals surface area contributed by atoms with Crippen molar-refractivity contribution in [3.63, 3.8) is 0 Å². The highest BCUT2D eigenvalue weighted by molar-refractivity contribution is 7.71. The molecule has 0 bridgehead atoms. The third-order valence-electron chi connectivity index (χ3n) is 5.88. The van der Waals surface area contributed by atoms with Crippen molar-refractivity contribution in [2.24, 2.45) is 7.05 Å². The number of nitrogens with zero attached hydrogens (tertiary/aromatic N) is 6. The molecular formula is C23H22ClFN6OS. The van der Waals surface area contributed by atoms with Crippen LogP contribution in [-0.4, -0.2) is 42.5 Å². The highest BCUT2D eigenvalue weighted by atomic mass is 35.5. The van der Waals surface area contributed by atoms with Crippen LogP contribution >= 0.6 is 23.8 Å². The van der Waals surface area contributed by atoms with Gasteiger partial charge < -0.3 is 9.09 Å². The minimum atomic E-state index is -0.294. The second kappa shape index (κ2) is 9.17. The second-order valence-electron chi connectivity index (χ2n) is 8.19. The molecule has 1 atom stereocenters. The van der Waals surface area contributed by atoms with E-state index in [4.69, 9.17) is 33.4 Å². The fourth-order valence-electron chi connectivity index (χ4n) is 4.12. The predicted molar refractivity (Wildman–Crippen MR) is 126 cm³/mol. The van der Waals surface area contributed by atoms with Crippen molar-refractivity contribution < 1.29 is 8.91 Å². The van der Waals surface area contributed by atoms with Crippen molar-refractivity contribution in [3.05, 3.63) is 70.0 Å². The Hall–Kier alpha value is -2.88. The molecule has 7 nitrogen and oxygen atoms in total. The molecule has 0 unspecified atom stereocenters. The molecule has 1 fully saturated rings. The molecule has 33 heavy (non-hydrogen) atoms. The van der Waals surface area contributed by atoms with E-state index in [2.05, 4.69) is 15.0 Å². The van der Waals surface area contributed by atoms with E-state index >= 15 is 0 Å². The van der Waals surface area contributed by atoms with Crippen LogP contribution in [0.4, 0.5) is 4.39 Å². The van der Waals surface area contributed by atoms with E-state index in [0.29, 0.717) is 28.2 Å². The maximum atomic E-state index is 13.2. The van der Waals surface area contributed by atoms with Crippen LogP contribution in [0.2, 0.25) is 5.02 Å². The van der Waals surface area contributed by atoms with Gasteiger partial charge in [0.2, 0.25) is 11.7 Å². The number of piperidine rings is 1. The van der Waals surface area contributed by atoms with E-state index in [-0.39, 0.29) is 11.7 Å². The van der Waals surface area contributed by atoms with Gasteiger partial charge in [-0.25, -0.2) is 9.07 Å². The number of hydrogen-bond acceptors (Lipinski definition) is 6. The number of aromatic nitrogens is 5. The summed E-state index contributed by atoms with van der Waals surface area (Å²) in [6.45, 7) is 2.28. The molecule has 4 aromatic rings. The Kier molecular flexibility index (Phi) is 6.09. The van der Waals surface area contributed by atoms with Gasteiger partial charge in [-0.1, -0.05) is 16.8 Å². The lowest BCUT2D eigenvalue weighted by Crippen LogP contribution is -2.36. The zero-order chi connectivity index (χ0) is 22.9. The van der Waals surface area contributed by atoms with Gasteiger partial charge in [0.25, 0.3) is 0 Å². The smallest absolute Gasteiger partial charge is 0.231 e. The van der Waals surface area contributed by atoms with E-state index in [0.717, 1.165) is 42.9 Å². The van der Waals surface area contributed by atoms with Crippen LogP contribution in [0, 0.1) is 10.6 Å². The number of hydrogen-bond donors (Lipinski definition) is 0. The molecule has 5 rings (SSSR count). The van der Waals surface area contributed by atoms with Crippen molar-refractivity contribution in [1.82, 2.24) is 29.4 Å². The van der Waals surface area contributed by atoms with Gasteiger partial charge in [0.05, 0.1) is 12.6 Å². The summed E-state index contributed by atoms with van der Waals surface area (Å²) in [5.41, 5.74) is 1.69. The van der Waals surface area contributed by atoms with Gasteiger partial charge in [-0.05, 0) is 80.1 Å². The zero-order valence-electron chi connectivity index (χ0n) is 18.0. The minimum absolute atomic E-state index is 0.120. The first kappa shape index (κ1) is 21.9. The zero-order valence-corrected chi connectivity index (χ0v) is 19.6. The number of likely N-dealkylation sites (tertiary alicyclic amines) is 1. The van der Waals surface area contributed by atoms with E-state index in [9.17, 15) is 4.39 Å². The van der Waals surface area contributed by atoms with Crippen LogP contribution in [0.3, 0.4) is 0 Å². The topological polar surface area (TPSA) is 64.9 Å². The fourth-order valence-corrected chi connectivity index (χ4v) is 4.43. The summed E-state index contributed by atoms with van der Waals surface area (Å²) in [7, 11) is 1.92. The first-order valence-corrected chi connectivity index (χ1v) is 11.5. The van der Waals surface area contributed by atoms with Crippen molar-refractivity contribution in [3.8, 4) is 22.8 Å². The van der Waals surface area contributed by atoms with Crippen LogP contribution in [0.1, 0.15) is 24.7 Å². The standard InChI is InChI=1S/C23H22ClFN6OS/c1-29-21(16-4-8-18(24)9-5-16)27-31(23(29)33)14-30-12-2-3-17(13-30)22-26-20(28-32-22)15-6-10-19(25)11-7-15/h4-11,17H,2-3,12-14H2,1H3/t17-/m1/s1. The molecule has 10 heteroatoms. The lowest BCUT2D eigenvalue weighted by atomic mass is 9.98. The summed E-state index contributed by atoms with van der Waals surface area (Å²) >= 11 is 11.7. The molecule has 0 radical (unpaired) electrons. The normalized spacial score (nSPS) is 16.9. The fraction of sp³-hybridized carbons (Fsp3) is 0.304. The van der Waals surface area contributed by atoms with E-state index in [1.807, 2.05) is 40.6 Å². The summed E-state index contributed by atoms with van der Waals surface area (Å²) in [5.74, 6) is 1.70. The monoisotopic (exact) mass is 484 g/mol. The summed E-state index contributed by atoms with van der Waals surface area (Å²) < 4.78 is 23.2. The van der Waals surface area contributed by atoms with Crippen molar-refractivity contribution >= 4 is 23.8 Å². The molecule has 0 saturated carbocycles. The molecule has 1 aliphatic heterocycles. The molecule has 170 valence electrons. The number of halogens is 2. The Morgan fingerprint density at radius 1 is 1.12 bits per heavy atom. The molecule has 1 saturated heterocycles. The quantitative estimate of drug-likeness (QED) is 0.358. The van der Waals surface area contributed by atoms with Crippen LogP contribution in [0.15, 0.2) is 53.1 Å². The molecule has 3 heterocycles. The van der Waals surface area contributed by atoms with Gasteiger partial charge in [0.1, 0.15) is 5.82 Å². The van der Waals surface area contributed by atoms with Gasteiger partial charge >= 0.3 is 0 Å². The minimum Gasteiger partial charge on any atom is -0.339 e. The molecular weight excluding hydrogens is 463 g/mol. The van der Waals surface area contributed by atoms with E-state index < -0.39 is 0 Å². The second-order valence-corrected chi connectivity index (χ2v) is 8.99. The highest BCUT2D eigenvalue weighted by Gasteiger charge is 2.27. The third kappa shape index (κ3) is 4.62. The van der Waals surface area contributed by atoms with Crippen molar-refractivity contribution in [1.29, 1.82) is 0 Å². The Bertz CT molecular complexity index is 1310. The molecule has 0 spiro atoms. The maximum absolute atomic E-state index is 13.2. The average molecular weight is 485 g/mol. The lowest BCUT2D eigenvalue weighted by molar-refractivity contribution is 0.143. The van der Waals surface area contributed by atoms with Gasteiger partial charge in [0.15, 0.2) is 10.6 Å². The van der Waals surface area contributed by atoms with Crippen LogP contribution < -0.4 is 0 Å². The summed E-state index contributed by atoms with van der Waals surface area (Å²) in [6.07, 6.45) is 1.97. The van der Waals surface area contributed by atoms with Crippen LogP contribution in [-0.2, 0) is 13.7 Å².